The molecule has 17 heavy (non-hydrogen) atoms. The van der Waals surface area contributed by atoms with Crippen LogP contribution in [0.15, 0.2) is 6.07 Å². The van der Waals surface area contributed by atoms with Crippen molar-refractivity contribution in [2.24, 2.45) is 12.8 Å². The van der Waals surface area contributed by atoms with E-state index in [1.54, 1.807) is 4.68 Å². The first-order chi connectivity index (χ1) is 7.77. The van der Waals surface area contributed by atoms with Gasteiger partial charge in [0, 0.05) is 13.6 Å². The van der Waals surface area contributed by atoms with Gasteiger partial charge in [0.15, 0.2) is 0 Å². The molecule has 0 radical (unpaired) electrons. The standard InChI is InChI=1S/C11H20BN3O2/c1-10(2)11(3,4)17-12(16-10)9-6-8(7-13)14-15(9)5/h6H,7,13H2,1-5H3. The molecule has 1 aliphatic heterocycles. The highest BCUT2D eigenvalue weighted by Crippen LogP contribution is 2.36. The molecule has 0 bridgehead atoms. The molecule has 0 saturated carbocycles. The van der Waals surface area contributed by atoms with Gasteiger partial charge in [-0.3, -0.25) is 4.68 Å². The lowest BCUT2D eigenvalue weighted by Gasteiger charge is -2.32. The third kappa shape index (κ3) is 2.01. The van der Waals surface area contributed by atoms with Gasteiger partial charge in [0.25, 0.3) is 0 Å². The Morgan fingerprint density at radius 2 is 1.82 bits per heavy atom. The van der Waals surface area contributed by atoms with E-state index in [0.29, 0.717) is 6.54 Å². The predicted octanol–water partition coefficient (Wildman–Crippen LogP) is 0.178. The average molecular weight is 237 g/mol. The average Bonchev–Trinajstić information content (AvgIpc) is 2.66. The van der Waals surface area contributed by atoms with Crippen molar-refractivity contribution in [1.82, 2.24) is 9.78 Å². The first-order valence-electron chi connectivity index (χ1n) is 5.85. The lowest BCUT2D eigenvalue weighted by molar-refractivity contribution is 0.00578. The summed E-state index contributed by atoms with van der Waals surface area (Å²) in [5.41, 5.74) is 6.67. The van der Waals surface area contributed by atoms with Crippen LogP contribution in [0.4, 0.5) is 0 Å². The molecule has 0 unspecified atom stereocenters. The Hall–Kier alpha value is -0.845. The van der Waals surface area contributed by atoms with Crippen molar-refractivity contribution in [2.75, 3.05) is 0 Å². The molecule has 1 fully saturated rings. The van der Waals surface area contributed by atoms with E-state index < -0.39 is 0 Å². The number of nitrogens with two attached hydrogens (primary N) is 1. The van der Waals surface area contributed by atoms with Crippen LogP contribution in [0.25, 0.3) is 0 Å². The highest BCUT2D eigenvalue weighted by molar-refractivity contribution is 6.61. The molecule has 1 aliphatic rings. The van der Waals surface area contributed by atoms with Crippen molar-refractivity contribution in [3.8, 4) is 0 Å². The lowest BCUT2D eigenvalue weighted by atomic mass is 9.84. The van der Waals surface area contributed by atoms with Crippen LogP contribution in [0, 0.1) is 0 Å². The van der Waals surface area contributed by atoms with Gasteiger partial charge in [-0.05, 0) is 33.8 Å². The molecule has 0 aromatic carbocycles. The van der Waals surface area contributed by atoms with Gasteiger partial charge in [0.05, 0.1) is 22.5 Å². The van der Waals surface area contributed by atoms with Gasteiger partial charge in [0.2, 0.25) is 0 Å². The van der Waals surface area contributed by atoms with Crippen molar-refractivity contribution in [3.63, 3.8) is 0 Å². The van der Waals surface area contributed by atoms with Crippen LogP contribution in [-0.2, 0) is 22.9 Å². The molecular formula is C11H20BN3O2. The molecule has 0 spiro atoms. The number of aryl methyl sites for hydroxylation is 1. The van der Waals surface area contributed by atoms with Gasteiger partial charge >= 0.3 is 7.12 Å². The van der Waals surface area contributed by atoms with Gasteiger partial charge in [-0.1, -0.05) is 0 Å². The Morgan fingerprint density at radius 3 is 2.24 bits per heavy atom. The molecule has 94 valence electrons. The van der Waals surface area contributed by atoms with Crippen molar-refractivity contribution in [2.45, 2.75) is 45.4 Å². The molecular weight excluding hydrogens is 217 g/mol. The third-order valence-corrected chi connectivity index (χ3v) is 3.67. The number of rotatable bonds is 2. The smallest absolute Gasteiger partial charge is 0.398 e. The van der Waals surface area contributed by atoms with Crippen LogP contribution in [0.2, 0.25) is 0 Å². The maximum atomic E-state index is 5.96. The largest absolute Gasteiger partial charge is 0.514 e. The Morgan fingerprint density at radius 1 is 1.29 bits per heavy atom. The minimum Gasteiger partial charge on any atom is -0.398 e. The summed E-state index contributed by atoms with van der Waals surface area (Å²) in [7, 11) is 1.50. The topological polar surface area (TPSA) is 62.3 Å². The summed E-state index contributed by atoms with van der Waals surface area (Å²) in [6.45, 7) is 8.56. The number of nitrogens with zero attached hydrogens (tertiary/aromatic N) is 2. The van der Waals surface area contributed by atoms with E-state index >= 15 is 0 Å². The summed E-state index contributed by atoms with van der Waals surface area (Å²) in [4.78, 5) is 0. The fourth-order valence-electron chi connectivity index (χ4n) is 1.83. The second-order valence-corrected chi connectivity index (χ2v) is 5.48. The third-order valence-electron chi connectivity index (χ3n) is 3.67. The monoisotopic (exact) mass is 237 g/mol. The first-order valence-corrected chi connectivity index (χ1v) is 5.85. The highest BCUT2D eigenvalue weighted by Gasteiger charge is 2.52. The van der Waals surface area contributed by atoms with Crippen LogP contribution >= 0.6 is 0 Å². The molecule has 2 rings (SSSR count). The Bertz CT molecular complexity index is 412. The maximum absolute atomic E-state index is 5.96. The predicted molar refractivity (Wildman–Crippen MR) is 66.8 cm³/mol. The van der Waals surface area contributed by atoms with E-state index in [1.807, 2.05) is 40.8 Å². The zero-order valence-corrected chi connectivity index (χ0v) is 11.2. The first kappa shape index (κ1) is 12.6. The number of hydrogen-bond acceptors (Lipinski definition) is 4. The number of hydrogen-bond donors (Lipinski definition) is 1. The molecule has 6 heteroatoms. The van der Waals surface area contributed by atoms with Crippen molar-refractivity contribution >= 4 is 12.7 Å². The van der Waals surface area contributed by atoms with E-state index in [2.05, 4.69) is 5.10 Å². The van der Waals surface area contributed by atoms with Crippen LogP contribution in [0.1, 0.15) is 33.4 Å². The summed E-state index contributed by atoms with van der Waals surface area (Å²) in [5.74, 6) is 0. The van der Waals surface area contributed by atoms with Crippen molar-refractivity contribution in [1.29, 1.82) is 0 Å². The van der Waals surface area contributed by atoms with E-state index in [1.165, 1.54) is 0 Å². The summed E-state index contributed by atoms with van der Waals surface area (Å²) in [5, 5.41) is 4.30. The normalized spacial score (nSPS) is 22.1. The second kappa shape index (κ2) is 3.83. The summed E-state index contributed by atoms with van der Waals surface area (Å²) in [6, 6.07) is 1.93. The van der Waals surface area contributed by atoms with Gasteiger partial charge < -0.3 is 15.0 Å². The van der Waals surface area contributed by atoms with Gasteiger partial charge in [0.1, 0.15) is 0 Å². The van der Waals surface area contributed by atoms with E-state index in [4.69, 9.17) is 15.0 Å². The molecule has 1 aromatic rings. The summed E-state index contributed by atoms with van der Waals surface area (Å²) < 4.78 is 13.7. The zero-order chi connectivity index (χ0) is 12.8. The fourth-order valence-corrected chi connectivity index (χ4v) is 1.83. The minimum absolute atomic E-state index is 0.329. The molecule has 2 N–H and O–H groups in total. The summed E-state index contributed by atoms with van der Waals surface area (Å²) >= 11 is 0. The van der Waals surface area contributed by atoms with Crippen molar-refractivity contribution < 1.29 is 9.31 Å². The van der Waals surface area contributed by atoms with Gasteiger partial charge in [-0.2, -0.15) is 5.10 Å². The molecule has 2 heterocycles. The molecule has 0 atom stereocenters. The molecule has 0 aliphatic carbocycles. The molecule has 1 aromatic heterocycles. The van der Waals surface area contributed by atoms with E-state index in [9.17, 15) is 0 Å². The maximum Gasteiger partial charge on any atom is 0.514 e. The number of aromatic nitrogens is 2. The zero-order valence-electron chi connectivity index (χ0n) is 11.2. The molecule has 0 amide bonds. The Kier molecular flexibility index (Phi) is 2.84. The van der Waals surface area contributed by atoms with Gasteiger partial charge in [-0.15, -0.1) is 0 Å². The second-order valence-electron chi connectivity index (χ2n) is 5.48. The summed E-state index contributed by atoms with van der Waals surface area (Å²) in [6.07, 6.45) is 0. The van der Waals surface area contributed by atoms with Crippen LogP contribution in [-0.4, -0.2) is 28.1 Å². The van der Waals surface area contributed by atoms with Crippen LogP contribution < -0.4 is 11.3 Å². The van der Waals surface area contributed by atoms with E-state index in [-0.39, 0.29) is 18.3 Å². The SMILES string of the molecule is Cn1nc(CN)cc1B1OC(C)(C)C(C)(C)O1. The molecule has 1 saturated heterocycles. The lowest BCUT2D eigenvalue weighted by Crippen LogP contribution is -2.41. The van der Waals surface area contributed by atoms with Gasteiger partial charge in [-0.25, -0.2) is 0 Å². The highest BCUT2D eigenvalue weighted by atomic mass is 16.7. The Labute approximate surface area is 102 Å². The van der Waals surface area contributed by atoms with E-state index in [0.717, 1.165) is 11.3 Å². The van der Waals surface area contributed by atoms with Crippen molar-refractivity contribution in [3.05, 3.63) is 11.8 Å². The quantitative estimate of drug-likeness (QED) is 0.745. The Balaban J connectivity index is 2.28. The van der Waals surface area contributed by atoms with Crippen LogP contribution in [0.3, 0.4) is 0 Å². The van der Waals surface area contributed by atoms with Crippen LogP contribution in [0.5, 0.6) is 0 Å². The molecule has 5 nitrogen and oxygen atoms in total. The minimum atomic E-state index is -0.377. The fraction of sp³-hybridized carbons (Fsp3) is 0.727.